The molecule has 3 heterocycles. The Balaban J connectivity index is 1.29. The molecular weight excluding hydrogens is 696 g/mol. The molecule has 0 N–H and O–H groups in total. The van der Waals surface area contributed by atoms with Crippen molar-refractivity contribution in [1.29, 1.82) is 0 Å². The summed E-state index contributed by atoms with van der Waals surface area (Å²) in [4.78, 5) is 45.7. The maximum atomic E-state index is 13.2. The molecule has 2 amide bonds. The van der Waals surface area contributed by atoms with E-state index in [1.54, 1.807) is 4.90 Å². The number of allylic oxidation sites excluding steroid dienone is 3. The van der Waals surface area contributed by atoms with Gasteiger partial charge in [-0.15, -0.1) is 0 Å². The van der Waals surface area contributed by atoms with Gasteiger partial charge in [-0.25, -0.2) is 0 Å². The monoisotopic (exact) mass is 734 g/mol. The van der Waals surface area contributed by atoms with Gasteiger partial charge in [0.1, 0.15) is 5.76 Å². The molecule has 0 radical (unpaired) electrons. The molecule has 2 fully saturated rings. The minimum atomic E-state index is -0.237. The van der Waals surface area contributed by atoms with Crippen molar-refractivity contribution in [3.8, 4) is 0 Å². The molecule has 44 heavy (non-hydrogen) atoms. The number of hydrogen-bond acceptors (Lipinski definition) is 8. The molecule has 2 aliphatic rings. The molecule has 1 aromatic carbocycles. The molecule has 4 rings (SSSR count). The molecule has 0 spiro atoms. The smallest absolute Gasteiger partial charge is 0.316 e. The third kappa shape index (κ3) is 9.50. The van der Waals surface area contributed by atoms with Gasteiger partial charge in [0.25, 0.3) is 5.91 Å². The van der Waals surface area contributed by atoms with E-state index in [9.17, 15) is 14.4 Å². The van der Waals surface area contributed by atoms with E-state index < -0.39 is 0 Å². The van der Waals surface area contributed by atoms with E-state index in [-0.39, 0.29) is 36.2 Å². The maximum absolute atomic E-state index is 13.2. The summed E-state index contributed by atoms with van der Waals surface area (Å²) in [6.45, 7) is 4.13. The average molecular weight is 737 g/mol. The van der Waals surface area contributed by atoms with Gasteiger partial charge in [-0.1, -0.05) is 64.4 Å². The predicted molar refractivity (Wildman–Crippen MR) is 172 cm³/mol. The number of esters is 1. The Morgan fingerprint density at radius 1 is 1.02 bits per heavy atom. The molecule has 0 aliphatic carbocycles. The van der Waals surface area contributed by atoms with Crippen molar-refractivity contribution in [2.75, 3.05) is 39.9 Å². The number of benzene rings is 1. The zero-order valence-electron chi connectivity index (χ0n) is 25.3. The van der Waals surface area contributed by atoms with Crippen LogP contribution >= 0.6 is 31.9 Å². The number of methoxy groups -OCH3 is 1. The van der Waals surface area contributed by atoms with E-state index in [1.807, 2.05) is 24.0 Å². The summed E-state index contributed by atoms with van der Waals surface area (Å²) in [5.74, 6) is 0.619. The number of nitrogens with zero attached hydrogens (tertiary/aromatic N) is 4. The number of piperidine rings is 1. The molecule has 2 aromatic rings. The Kier molecular flexibility index (Phi) is 13.0. The topological polar surface area (TPSA) is 115 Å². The van der Waals surface area contributed by atoms with Crippen LogP contribution in [0.15, 0.2) is 55.7 Å². The van der Waals surface area contributed by atoms with Crippen LogP contribution < -0.4 is 0 Å². The second-order valence-electron chi connectivity index (χ2n) is 11.1. The van der Waals surface area contributed by atoms with Gasteiger partial charge >= 0.3 is 17.8 Å². The van der Waals surface area contributed by atoms with Crippen molar-refractivity contribution in [1.82, 2.24) is 19.9 Å². The van der Waals surface area contributed by atoms with Gasteiger partial charge < -0.3 is 23.8 Å². The second kappa shape index (κ2) is 16.9. The normalized spacial score (nSPS) is 18.8. The molecule has 0 bridgehead atoms. The van der Waals surface area contributed by atoms with Crippen LogP contribution in [0.2, 0.25) is 0 Å². The first-order valence-corrected chi connectivity index (χ1v) is 16.8. The molecule has 238 valence electrons. The van der Waals surface area contributed by atoms with E-state index in [0.29, 0.717) is 73.8 Å². The molecule has 1 aromatic heterocycles. The second-order valence-corrected chi connectivity index (χ2v) is 12.9. The third-order valence-corrected chi connectivity index (χ3v) is 9.72. The largest absolute Gasteiger partial charge is 0.482 e. The minimum absolute atomic E-state index is 0.00523. The first-order valence-electron chi connectivity index (χ1n) is 15.2. The molecule has 10 nitrogen and oxygen atoms in total. The number of amides is 2. The minimum Gasteiger partial charge on any atom is -0.482 e. The highest BCUT2D eigenvalue weighted by Crippen LogP contribution is 2.29. The SMILES string of the molecule is CC/C(Br)=C(OCC(=O)N1CCC(C(=O)OC)CC1)\C(Br)=C/Cc1noc(C(=O)N2CCCC(Cc3ccccc3)CC2)n1. The highest BCUT2D eigenvalue weighted by Gasteiger charge is 2.29. The van der Waals surface area contributed by atoms with Crippen LogP contribution in [0.25, 0.3) is 0 Å². The van der Waals surface area contributed by atoms with Crippen molar-refractivity contribution in [3.05, 3.63) is 68.4 Å². The number of aromatic nitrogens is 2. The summed E-state index contributed by atoms with van der Waals surface area (Å²) < 4.78 is 17.5. The molecule has 2 saturated heterocycles. The number of likely N-dealkylation sites (tertiary alicyclic amines) is 2. The predicted octanol–water partition coefficient (Wildman–Crippen LogP) is 5.82. The van der Waals surface area contributed by atoms with Crippen molar-refractivity contribution in [2.24, 2.45) is 11.8 Å². The number of ether oxygens (including phenoxy) is 2. The van der Waals surface area contributed by atoms with E-state index in [1.165, 1.54) is 12.7 Å². The highest BCUT2D eigenvalue weighted by molar-refractivity contribution is 9.12. The molecule has 0 saturated carbocycles. The fourth-order valence-electron chi connectivity index (χ4n) is 5.55. The summed E-state index contributed by atoms with van der Waals surface area (Å²) in [5, 5.41) is 4.02. The summed E-state index contributed by atoms with van der Waals surface area (Å²) in [6.07, 6.45) is 7.89. The van der Waals surface area contributed by atoms with Crippen LogP contribution in [-0.2, 0) is 31.9 Å². The Morgan fingerprint density at radius 2 is 1.75 bits per heavy atom. The van der Waals surface area contributed by atoms with Gasteiger partial charge in [0, 0.05) is 37.1 Å². The van der Waals surface area contributed by atoms with Crippen LogP contribution in [0.4, 0.5) is 0 Å². The number of halogens is 2. The van der Waals surface area contributed by atoms with Gasteiger partial charge in [0.15, 0.2) is 12.4 Å². The lowest BCUT2D eigenvalue weighted by Crippen LogP contribution is -2.42. The van der Waals surface area contributed by atoms with Crippen molar-refractivity contribution in [3.63, 3.8) is 0 Å². The Labute approximate surface area is 275 Å². The van der Waals surface area contributed by atoms with Gasteiger partial charge in [0.05, 0.1) is 17.5 Å². The van der Waals surface area contributed by atoms with Gasteiger partial charge in [0.2, 0.25) is 0 Å². The summed E-state index contributed by atoms with van der Waals surface area (Å²) in [5.41, 5.74) is 1.33. The van der Waals surface area contributed by atoms with Gasteiger partial charge in [-0.2, -0.15) is 4.98 Å². The summed E-state index contributed by atoms with van der Waals surface area (Å²) >= 11 is 7.12. The maximum Gasteiger partial charge on any atom is 0.316 e. The lowest BCUT2D eigenvalue weighted by molar-refractivity contribution is -0.149. The highest BCUT2D eigenvalue weighted by atomic mass is 79.9. The molecule has 1 atom stereocenters. The standard InChI is InChI=1S/C32H40Br2N4O6/c1-3-25(33)29(43-21-28(39)37-18-14-24(15-19-37)32(41)42-2)26(34)11-12-27-35-30(44-36-27)31(40)38-16-7-10-23(13-17-38)20-22-8-5-4-6-9-22/h4-6,8-9,11,23-24H,3,7,10,12-21H2,1-2H3/b26-11+,29-25-. The Hall–Kier alpha value is -2.99. The quantitative estimate of drug-likeness (QED) is 0.161. The Morgan fingerprint density at radius 3 is 2.45 bits per heavy atom. The zero-order valence-corrected chi connectivity index (χ0v) is 28.5. The molecule has 1 unspecified atom stereocenters. The van der Waals surface area contributed by atoms with Crippen LogP contribution in [0.5, 0.6) is 0 Å². The van der Waals surface area contributed by atoms with Crippen LogP contribution in [0.1, 0.15) is 67.5 Å². The van der Waals surface area contributed by atoms with Gasteiger partial charge in [-0.3, -0.25) is 14.4 Å². The van der Waals surface area contributed by atoms with E-state index >= 15 is 0 Å². The first kappa shape index (κ1) is 33.9. The lowest BCUT2D eigenvalue weighted by atomic mass is 9.93. The van der Waals surface area contributed by atoms with Crippen LogP contribution in [0.3, 0.4) is 0 Å². The van der Waals surface area contributed by atoms with Gasteiger partial charge in [-0.05, 0) is 72.4 Å². The first-order chi connectivity index (χ1) is 21.3. The van der Waals surface area contributed by atoms with Crippen LogP contribution in [-0.4, -0.2) is 77.6 Å². The lowest BCUT2D eigenvalue weighted by Gasteiger charge is -2.30. The number of rotatable bonds is 11. The van der Waals surface area contributed by atoms with E-state index in [0.717, 1.165) is 30.2 Å². The molecule has 12 heteroatoms. The fourth-order valence-corrected chi connectivity index (χ4v) is 6.66. The number of hydrogen-bond donors (Lipinski definition) is 0. The summed E-state index contributed by atoms with van der Waals surface area (Å²) in [7, 11) is 1.38. The zero-order chi connectivity index (χ0) is 31.5. The van der Waals surface area contributed by atoms with Crippen molar-refractivity contribution < 1.29 is 28.4 Å². The summed E-state index contributed by atoms with van der Waals surface area (Å²) in [6, 6.07) is 10.5. The van der Waals surface area contributed by atoms with E-state index in [4.69, 9.17) is 14.0 Å². The average Bonchev–Trinajstić information content (AvgIpc) is 3.41. The molecular formula is C32H40Br2N4O6. The molecule has 2 aliphatic heterocycles. The van der Waals surface area contributed by atoms with Crippen LogP contribution in [0, 0.1) is 11.8 Å². The number of carbonyl (C=O) groups is 3. The number of carbonyl (C=O) groups excluding carboxylic acids is 3. The third-order valence-electron chi connectivity index (χ3n) is 8.11. The van der Waals surface area contributed by atoms with Crippen molar-refractivity contribution in [2.45, 2.75) is 58.3 Å². The fraction of sp³-hybridized carbons (Fsp3) is 0.531. The van der Waals surface area contributed by atoms with E-state index in [2.05, 4.69) is 66.3 Å². The van der Waals surface area contributed by atoms with Crippen molar-refractivity contribution >= 4 is 49.6 Å². The Bertz CT molecular complexity index is 1340.